The van der Waals surface area contributed by atoms with Gasteiger partial charge in [0.05, 0.1) is 22.7 Å². The molecule has 10 aromatic rings. The second kappa shape index (κ2) is 13.4. The molecule has 5 heteroatoms. The Hall–Kier alpha value is -7.68. The fraction of sp³-hybridized carbons (Fsp3) is 0. The van der Waals surface area contributed by atoms with Crippen LogP contribution in [0.15, 0.2) is 199 Å². The topological polar surface area (TPSA) is 58.0 Å². The Morgan fingerprint density at radius 3 is 1.71 bits per heavy atom. The molecule has 8 aromatic carbocycles. The third-order valence-corrected chi connectivity index (χ3v) is 10.2. The lowest BCUT2D eigenvalue weighted by Crippen LogP contribution is -2.09. The highest BCUT2D eigenvalue weighted by atomic mass is 16.3. The Morgan fingerprint density at radius 1 is 0.473 bits per heavy atom. The summed E-state index contributed by atoms with van der Waals surface area (Å²) in [6, 6.07) is 69.3. The van der Waals surface area contributed by atoms with Gasteiger partial charge in [-0.1, -0.05) is 97.1 Å². The van der Waals surface area contributed by atoms with Gasteiger partial charge in [0.2, 0.25) is 5.89 Å². The highest BCUT2D eigenvalue weighted by Gasteiger charge is 2.19. The molecule has 0 aliphatic rings. The van der Waals surface area contributed by atoms with Crippen LogP contribution in [0.2, 0.25) is 0 Å². The van der Waals surface area contributed by atoms with E-state index in [1.165, 1.54) is 0 Å². The minimum Gasteiger partial charge on any atom is -0.436 e. The van der Waals surface area contributed by atoms with Gasteiger partial charge in [-0.05, 0) is 119 Å². The largest absolute Gasteiger partial charge is 0.436 e. The number of oxazole rings is 1. The monoisotopic (exact) mass is 704 g/mol. The molecule has 0 amide bonds. The number of nitrogens with zero attached hydrogens (tertiary/aromatic N) is 4. The molecular formula is C50H32N4O. The molecule has 55 heavy (non-hydrogen) atoms. The second-order valence-corrected chi connectivity index (χ2v) is 13.6. The van der Waals surface area contributed by atoms with Gasteiger partial charge < -0.3 is 13.9 Å². The standard InChI is InChI=1S/C50H32N4O/c51-33-34-19-21-35(22-20-34)38-13-10-18-43(29-38)54-47-28-25-39(30-44(47)45-31-49-46(32-48(45)54)52-50(55-49)37-11-4-1-5-12-37)36-23-26-42(27-24-36)53(40-14-6-2-7-15-40)41-16-8-3-9-17-41/h1-32H. The first-order valence-electron chi connectivity index (χ1n) is 18.3. The van der Waals surface area contributed by atoms with Crippen LogP contribution >= 0.6 is 0 Å². The first-order chi connectivity index (χ1) is 27.2. The van der Waals surface area contributed by atoms with Gasteiger partial charge in [-0.2, -0.15) is 5.26 Å². The van der Waals surface area contributed by atoms with Crippen molar-refractivity contribution in [3.8, 4) is 45.5 Å². The maximum atomic E-state index is 9.36. The zero-order chi connectivity index (χ0) is 36.7. The molecule has 0 aliphatic carbocycles. The predicted molar refractivity (Wildman–Crippen MR) is 224 cm³/mol. The van der Waals surface area contributed by atoms with Crippen LogP contribution in [0.4, 0.5) is 17.1 Å². The summed E-state index contributed by atoms with van der Waals surface area (Å²) in [6.07, 6.45) is 0. The van der Waals surface area contributed by atoms with Crippen molar-refractivity contribution >= 4 is 50.0 Å². The molecular weight excluding hydrogens is 673 g/mol. The number of fused-ring (bicyclic) bond motifs is 4. The molecule has 0 bridgehead atoms. The third kappa shape index (κ3) is 5.79. The normalized spacial score (nSPS) is 11.3. The summed E-state index contributed by atoms with van der Waals surface area (Å²) in [6.45, 7) is 0. The molecule has 0 unspecified atom stereocenters. The summed E-state index contributed by atoms with van der Waals surface area (Å²) in [7, 11) is 0. The van der Waals surface area contributed by atoms with Crippen LogP contribution in [0.25, 0.3) is 72.3 Å². The Balaban J connectivity index is 1.12. The van der Waals surface area contributed by atoms with E-state index < -0.39 is 0 Å². The van der Waals surface area contributed by atoms with Gasteiger partial charge >= 0.3 is 0 Å². The van der Waals surface area contributed by atoms with Crippen LogP contribution < -0.4 is 4.90 Å². The van der Waals surface area contributed by atoms with E-state index in [1.807, 2.05) is 66.7 Å². The molecule has 5 nitrogen and oxygen atoms in total. The van der Waals surface area contributed by atoms with Gasteiger partial charge in [-0.15, -0.1) is 0 Å². The van der Waals surface area contributed by atoms with Gasteiger partial charge in [0, 0.05) is 39.1 Å². The van der Waals surface area contributed by atoms with Gasteiger partial charge in [0.15, 0.2) is 5.58 Å². The molecule has 2 heterocycles. The van der Waals surface area contributed by atoms with E-state index in [1.54, 1.807) is 0 Å². The average Bonchev–Trinajstić information content (AvgIpc) is 3.82. The Labute approximate surface area is 318 Å². The van der Waals surface area contributed by atoms with E-state index in [-0.39, 0.29) is 0 Å². The Morgan fingerprint density at radius 2 is 1.04 bits per heavy atom. The smallest absolute Gasteiger partial charge is 0.227 e. The summed E-state index contributed by atoms with van der Waals surface area (Å²) < 4.78 is 8.72. The number of hydrogen-bond acceptors (Lipinski definition) is 4. The maximum absolute atomic E-state index is 9.36. The van der Waals surface area contributed by atoms with E-state index in [9.17, 15) is 5.26 Å². The van der Waals surface area contributed by atoms with Crippen molar-refractivity contribution in [3.05, 3.63) is 200 Å². The van der Waals surface area contributed by atoms with Gasteiger partial charge in [0.1, 0.15) is 5.52 Å². The van der Waals surface area contributed by atoms with Gasteiger partial charge in [0.25, 0.3) is 0 Å². The SMILES string of the molecule is N#Cc1ccc(-c2cccc(-n3c4ccc(-c5ccc(N(c6ccccc6)c6ccccc6)cc5)cc4c4cc5oc(-c6ccccc6)nc5cc43)c2)cc1. The van der Waals surface area contributed by atoms with Crippen LogP contribution in [-0.4, -0.2) is 9.55 Å². The van der Waals surface area contributed by atoms with Crippen LogP contribution in [0.5, 0.6) is 0 Å². The summed E-state index contributed by atoms with van der Waals surface area (Å²) in [4.78, 5) is 7.22. The summed E-state index contributed by atoms with van der Waals surface area (Å²) in [5, 5.41) is 11.6. The predicted octanol–water partition coefficient (Wildman–Crippen LogP) is 13.3. The average molecular weight is 705 g/mol. The van der Waals surface area contributed by atoms with Gasteiger partial charge in [-0.25, -0.2) is 4.98 Å². The van der Waals surface area contributed by atoms with Crippen molar-refractivity contribution in [2.45, 2.75) is 0 Å². The molecule has 0 aliphatic heterocycles. The fourth-order valence-corrected chi connectivity index (χ4v) is 7.57. The summed E-state index contributed by atoms with van der Waals surface area (Å²) in [5.41, 5.74) is 14.0. The lowest BCUT2D eigenvalue weighted by molar-refractivity contribution is 0.620. The lowest BCUT2D eigenvalue weighted by atomic mass is 10.0. The quantitative estimate of drug-likeness (QED) is 0.166. The summed E-state index contributed by atoms with van der Waals surface area (Å²) in [5.74, 6) is 0.600. The molecule has 10 rings (SSSR count). The van der Waals surface area contributed by atoms with Crippen molar-refractivity contribution in [1.82, 2.24) is 9.55 Å². The number of nitriles is 1. The number of rotatable bonds is 7. The number of aromatic nitrogens is 2. The molecule has 0 fully saturated rings. The zero-order valence-corrected chi connectivity index (χ0v) is 29.7. The molecule has 258 valence electrons. The lowest BCUT2D eigenvalue weighted by Gasteiger charge is -2.25. The van der Waals surface area contributed by atoms with E-state index in [2.05, 4.69) is 143 Å². The van der Waals surface area contributed by atoms with Crippen LogP contribution in [-0.2, 0) is 0 Å². The van der Waals surface area contributed by atoms with Crippen molar-refractivity contribution in [1.29, 1.82) is 5.26 Å². The van der Waals surface area contributed by atoms with E-state index in [0.717, 1.165) is 83.5 Å². The maximum Gasteiger partial charge on any atom is 0.227 e. The number of para-hydroxylation sites is 2. The van der Waals surface area contributed by atoms with Crippen molar-refractivity contribution in [2.24, 2.45) is 0 Å². The highest BCUT2D eigenvalue weighted by Crippen LogP contribution is 2.40. The first kappa shape index (κ1) is 32.0. The third-order valence-electron chi connectivity index (χ3n) is 10.2. The summed E-state index contributed by atoms with van der Waals surface area (Å²) >= 11 is 0. The van der Waals surface area contributed by atoms with E-state index >= 15 is 0 Å². The van der Waals surface area contributed by atoms with E-state index in [4.69, 9.17) is 9.40 Å². The first-order valence-corrected chi connectivity index (χ1v) is 18.3. The van der Waals surface area contributed by atoms with Crippen LogP contribution in [0, 0.1) is 11.3 Å². The van der Waals surface area contributed by atoms with Crippen molar-refractivity contribution in [3.63, 3.8) is 0 Å². The van der Waals surface area contributed by atoms with Crippen molar-refractivity contribution in [2.75, 3.05) is 4.90 Å². The molecule has 0 spiro atoms. The van der Waals surface area contributed by atoms with Gasteiger partial charge in [-0.3, -0.25) is 0 Å². The molecule has 0 saturated heterocycles. The number of anilines is 3. The molecule has 0 atom stereocenters. The second-order valence-electron chi connectivity index (χ2n) is 13.6. The minimum absolute atomic E-state index is 0.600. The molecule has 0 saturated carbocycles. The van der Waals surface area contributed by atoms with E-state index in [0.29, 0.717) is 11.5 Å². The highest BCUT2D eigenvalue weighted by molar-refractivity contribution is 6.13. The molecule has 2 aromatic heterocycles. The molecule has 0 N–H and O–H groups in total. The zero-order valence-electron chi connectivity index (χ0n) is 29.7. The van der Waals surface area contributed by atoms with Crippen molar-refractivity contribution < 1.29 is 4.42 Å². The van der Waals surface area contributed by atoms with Crippen LogP contribution in [0.1, 0.15) is 5.56 Å². The minimum atomic E-state index is 0.600. The number of benzene rings is 8. The Bertz CT molecular complexity index is 2970. The van der Waals surface area contributed by atoms with Crippen LogP contribution in [0.3, 0.4) is 0 Å². The fourth-order valence-electron chi connectivity index (χ4n) is 7.57. The number of hydrogen-bond donors (Lipinski definition) is 0. The molecule has 0 radical (unpaired) electrons. The Kier molecular flexibility index (Phi) is 7.79.